The van der Waals surface area contributed by atoms with Crippen LogP contribution in [-0.4, -0.2) is 14.3 Å². The Morgan fingerprint density at radius 2 is 1.80 bits per heavy atom. The lowest BCUT2D eigenvalue weighted by atomic mass is 9.77. The number of nitrogens with one attached hydrogen (secondary N) is 1. The first kappa shape index (κ1) is 25.2. The summed E-state index contributed by atoms with van der Waals surface area (Å²) in [7, 11) is -4.04. The van der Waals surface area contributed by atoms with E-state index in [0.717, 1.165) is 18.2 Å². The molecule has 3 aromatic rings. The molecule has 1 aliphatic carbocycles. The topological polar surface area (TPSA) is 89.3 Å². The number of carbonyl (C=O) groups excluding carboxylic acids is 1. The normalized spacial score (nSPS) is 16.0. The van der Waals surface area contributed by atoms with E-state index < -0.39 is 44.4 Å². The maximum atomic E-state index is 13.8. The van der Waals surface area contributed by atoms with Crippen LogP contribution in [0.4, 0.5) is 23.2 Å². The summed E-state index contributed by atoms with van der Waals surface area (Å²) in [6.07, 6.45) is -3.17. The molecule has 0 fully saturated rings. The Morgan fingerprint density at radius 1 is 1.06 bits per heavy atom. The number of anilines is 1. The molecule has 0 bridgehead atoms. The largest absolute Gasteiger partial charge is 0.417 e. The first-order chi connectivity index (χ1) is 16.3. The van der Waals surface area contributed by atoms with Crippen molar-refractivity contribution >= 4 is 33.2 Å². The maximum absolute atomic E-state index is 13.8. The van der Waals surface area contributed by atoms with Gasteiger partial charge in [-0.25, -0.2) is 17.9 Å². The fourth-order valence-corrected chi connectivity index (χ4v) is 5.18. The monoisotopic (exact) mass is 526 g/mol. The molecule has 0 aromatic heterocycles. The molecule has 3 aromatic carbocycles. The van der Waals surface area contributed by atoms with Gasteiger partial charge in [-0.05, 0) is 78.4 Å². The van der Waals surface area contributed by atoms with E-state index in [1.54, 1.807) is 0 Å². The molecule has 1 aliphatic rings. The molecule has 11 heteroatoms. The van der Waals surface area contributed by atoms with Gasteiger partial charge in [0.2, 0.25) is 10.0 Å². The van der Waals surface area contributed by atoms with Crippen molar-refractivity contribution in [1.82, 2.24) is 0 Å². The average Bonchev–Trinajstić information content (AvgIpc) is 2.77. The van der Waals surface area contributed by atoms with Gasteiger partial charge in [0.25, 0.3) is 5.91 Å². The molecule has 5 nitrogen and oxygen atoms in total. The summed E-state index contributed by atoms with van der Waals surface area (Å²) in [5, 5.41) is 6.99. The van der Waals surface area contributed by atoms with Crippen LogP contribution in [0.25, 0.3) is 0 Å². The molecular formula is C24H19ClF4N2O3S. The van der Waals surface area contributed by atoms with Gasteiger partial charge in [-0.15, -0.1) is 0 Å². The number of sulfonamides is 1. The number of primary sulfonamides is 1. The summed E-state index contributed by atoms with van der Waals surface area (Å²) < 4.78 is 78.1. The first-order valence-corrected chi connectivity index (χ1v) is 12.4. The maximum Gasteiger partial charge on any atom is 0.417 e. The number of fused-ring (bicyclic) bond motifs is 1. The Kier molecular flexibility index (Phi) is 6.65. The second-order valence-corrected chi connectivity index (χ2v) is 10.2. The minimum Gasteiger partial charge on any atom is -0.322 e. The highest BCUT2D eigenvalue weighted by Crippen LogP contribution is 2.43. The van der Waals surface area contributed by atoms with Crippen LogP contribution in [0.5, 0.6) is 0 Å². The number of rotatable bonds is 4. The fraction of sp³-hybridized carbons (Fsp3) is 0.208. The van der Waals surface area contributed by atoms with E-state index in [1.807, 2.05) is 0 Å². The van der Waals surface area contributed by atoms with Gasteiger partial charge in [0, 0.05) is 17.2 Å². The van der Waals surface area contributed by atoms with Gasteiger partial charge in [0.1, 0.15) is 5.82 Å². The molecule has 35 heavy (non-hydrogen) atoms. The molecule has 0 radical (unpaired) electrons. The molecule has 3 N–H and O–H groups in total. The molecule has 1 amide bonds. The van der Waals surface area contributed by atoms with E-state index >= 15 is 0 Å². The van der Waals surface area contributed by atoms with E-state index in [-0.39, 0.29) is 21.7 Å². The third-order valence-electron chi connectivity index (χ3n) is 5.90. The Labute approximate surface area is 204 Å². The van der Waals surface area contributed by atoms with Crippen LogP contribution >= 0.6 is 11.6 Å². The predicted octanol–water partition coefficient (Wildman–Crippen LogP) is 5.87. The van der Waals surface area contributed by atoms with E-state index in [9.17, 15) is 30.8 Å². The molecule has 0 saturated heterocycles. The van der Waals surface area contributed by atoms with E-state index in [2.05, 4.69) is 5.32 Å². The number of nitrogens with two attached hydrogens (primary N) is 1. The summed E-state index contributed by atoms with van der Waals surface area (Å²) in [4.78, 5) is 13.0. The minimum atomic E-state index is -4.76. The molecule has 0 heterocycles. The van der Waals surface area contributed by atoms with Gasteiger partial charge < -0.3 is 5.32 Å². The summed E-state index contributed by atoms with van der Waals surface area (Å²) >= 11 is 5.93. The highest BCUT2D eigenvalue weighted by Gasteiger charge is 2.36. The Morgan fingerprint density at radius 3 is 2.49 bits per heavy atom. The summed E-state index contributed by atoms with van der Waals surface area (Å²) in [6.45, 7) is 0. The molecule has 0 saturated carbocycles. The standard InChI is InChI=1S/C24H19ClF4N2O3S/c25-22-12-20(23(32)31-15-4-2-5-16(10-15)35(30,33)34)19(11-21(22)24(27,28)29)18-6-1-3-13-9-14(26)7-8-17(13)18/h2,4-5,7-12,18H,1,3,6H2,(H,31,32)(H2,30,33,34). The van der Waals surface area contributed by atoms with Crippen LogP contribution in [0.2, 0.25) is 5.02 Å². The Hall–Kier alpha value is -2.95. The van der Waals surface area contributed by atoms with Crippen molar-refractivity contribution in [2.45, 2.75) is 36.3 Å². The zero-order valence-electron chi connectivity index (χ0n) is 18.0. The smallest absolute Gasteiger partial charge is 0.322 e. The lowest BCUT2D eigenvalue weighted by molar-refractivity contribution is -0.137. The van der Waals surface area contributed by atoms with Crippen molar-refractivity contribution in [1.29, 1.82) is 0 Å². The molecule has 184 valence electrons. The molecule has 4 rings (SSSR count). The summed E-state index contributed by atoms with van der Waals surface area (Å²) in [5.41, 5.74) is 0.279. The van der Waals surface area contributed by atoms with E-state index in [1.165, 1.54) is 36.4 Å². The number of hydrogen-bond acceptors (Lipinski definition) is 3. The third kappa shape index (κ3) is 5.34. The lowest BCUT2D eigenvalue weighted by Gasteiger charge is -2.28. The number of amides is 1. The number of halogens is 5. The highest BCUT2D eigenvalue weighted by molar-refractivity contribution is 7.89. The van der Waals surface area contributed by atoms with Crippen molar-refractivity contribution in [3.05, 3.63) is 93.3 Å². The lowest BCUT2D eigenvalue weighted by Crippen LogP contribution is -2.21. The van der Waals surface area contributed by atoms with Crippen molar-refractivity contribution in [2.24, 2.45) is 5.14 Å². The number of alkyl halides is 3. The van der Waals surface area contributed by atoms with Crippen molar-refractivity contribution in [2.75, 3.05) is 5.32 Å². The van der Waals surface area contributed by atoms with Crippen LogP contribution in [-0.2, 0) is 22.6 Å². The second kappa shape index (κ2) is 9.25. The molecule has 0 aliphatic heterocycles. The van der Waals surface area contributed by atoms with Crippen molar-refractivity contribution in [3.8, 4) is 0 Å². The van der Waals surface area contributed by atoms with Gasteiger partial charge in [-0.2, -0.15) is 13.2 Å². The van der Waals surface area contributed by atoms with Crippen LogP contribution in [0.15, 0.2) is 59.5 Å². The van der Waals surface area contributed by atoms with E-state index in [4.69, 9.17) is 16.7 Å². The zero-order valence-corrected chi connectivity index (χ0v) is 19.6. The zero-order chi connectivity index (χ0) is 25.5. The van der Waals surface area contributed by atoms with Gasteiger partial charge in [0.15, 0.2) is 0 Å². The predicted molar refractivity (Wildman–Crippen MR) is 123 cm³/mol. The number of aryl methyl sites for hydroxylation is 1. The van der Waals surface area contributed by atoms with Crippen molar-refractivity contribution < 1.29 is 30.8 Å². The fourth-order valence-electron chi connectivity index (χ4n) is 4.35. The van der Waals surface area contributed by atoms with Gasteiger partial charge >= 0.3 is 6.18 Å². The number of carbonyl (C=O) groups is 1. The number of benzene rings is 3. The quantitative estimate of drug-likeness (QED) is 0.417. The van der Waals surface area contributed by atoms with Crippen LogP contribution < -0.4 is 10.5 Å². The summed E-state index contributed by atoms with van der Waals surface area (Å²) in [6, 6.07) is 11.1. The minimum absolute atomic E-state index is 0.0783. The average molecular weight is 527 g/mol. The van der Waals surface area contributed by atoms with E-state index in [0.29, 0.717) is 30.4 Å². The molecule has 1 atom stereocenters. The first-order valence-electron chi connectivity index (χ1n) is 10.5. The Balaban J connectivity index is 1.82. The Bertz CT molecular complexity index is 1420. The molecular weight excluding hydrogens is 508 g/mol. The van der Waals surface area contributed by atoms with Gasteiger partial charge in [-0.1, -0.05) is 23.7 Å². The highest BCUT2D eigenvalue weighted by atomic mass is 35.5. The van der Waals surface area contributed by atoms with Crippen LogP contribution in [0.1, 0.15) is 51.4 Å². The second-order valence-electron chi connectivity index (χ2n) is 8.23. The molecule has 0 spiro atoms. The third-order valence-corrected chi connectivity index (χ3v) is 7.13. The summed E-state index contributed by atoms with van der Waals surface area (Å²) in [5.74, 6) is -1.84. The SMILES string of the molecule is NS(=O)(=O)c1cccc(NC(=O)c2cc(Cl)c(C(F)(F)F)cc2C2CCCc3cc(F)ccc32)c1. The van der Waals surface area contributed by atoms with Crippen molar-refractivity contribution in [3.63, 3.8) is 0 Å². The molecule has 1 unspecified atom stereocenters. The van der Waals surface area contributed by atoms with Crippen LogP contribution in [0.3, 0.4) is 0 Å². The van der Waals surface area contributed by atoms with Crippen LogP contribution in [0, 0.1) is 5.82 Å². The van der Waals surface area contributed by atoms with Gasteiger partial charge in [-0.3, -0.25) is 4.79 Å². The number of hydrogen-bond donors (Lipinski definition) is 2. The van der Waals surface area contributed by atoms with Gasteiger partial charge in [0.05, 0.1) is 15.5 Å².